The molecule has 4 aromatic carbocycles. The van der Waals surface area contributed by atoms with Gasteiger partial charge in [0.05, 0.1) is 26.1 Å². The van der Waals surface area contributed by atoms with E-state index in [0.717, 1.165) is 16.0 Å². The third-order valence-electron chi connectivity index (χ3n) is 8.15. The Morgan fingerprint density at radius 3 is 2.26 bits per heavy atom. The highest BCUT2D eigenvalue weighted by atomic mass is 32.2. The topological polar surface area (TPSA) is 132 Å². The van der Waals surface area contributed by atoms with Gasteiger partial charge in [-0.25, -0.2) is 4.79 Å². The molecule has 10 nitrogen and oxygen atoms in total. The second-order valence-electron chi connectivity index (χ2n) is 11.9. The van der Waals surface area contributed by atoms with E-state index in [-0.39, 0.29) is 18.2 Å². The van der Waals surface area contributed by atoms with Crippen molar-refractivity contribution in [3.05, 3.63) is 130 Å². The normalized spacial score (nSPS) is 11.6. The lowest BCUT2D eigenvalue weighted by Crippen LogP contribution is -2.30. The van der Waals surface area contributed by atoms with Gasteiger partial charge in [-0.15, -0.1) is 23.1 Å². The Balaban J connectivity index is 1.35. The Morgan fingerprint density at radius 1 is 0.833 bits per heavy atom. The standard InChI is InChI=1S/C42H41N3O7S2/c1-6-36(40(48)45-41-37(42(49)52-7-2)32(25-53-41)28-19-16-26(3)17-20-28)54-31-15-11-14-30(24-31)43-39(47)33(44-38(46)29-12-9-8-10-13-29)22-27-18-21-34(50-4)35(23-27)51-5/h8-25,36H,6-7H2,1-5H3,(H,43,47)(H,44,46)(H,45,48)/b33-22+. The number of hydrogen-bond acceptors (Lipinski definition) is 9. The van der Waals surface area contributed by atoms with Crippen molar-refractivity contribution in [1.29, 1.82) is 0 Å². The molecule has 3 amide bonds. The summed E-state index contributed by atoms with van der Waals surface area (Å²) in [5, 5.41) is 10.3. The van der Waals surface area contributed by atoms with Gasteiger partial charge in [0, 0.05) is 27.1 Å². The Morgan fingerprint density at radius 2 is 1.57 bits per heavy atom. The van der Waals surface area contributed by atoms with Gasteiger partial charge in [0.25, 0.3) is 11.8 Å². The minimum Gasteiger partial charge on any atom is -0.493 e. The van der Waals surface area contributed by atoms with Crippen LogP contribution in [0, 0.1) is 6.92 Å². The summed E-state index contributed by atoms with van der Waals surface area (Å²) in [6, 6.07) is 28.6. The first kappa shape index (κ1) is 39.4. The fourth-order valence-electron chi connectivity index (χ4n) is 5.38. The minimum atomic E-state index is -0.561. The molecule has 5 aromatic rings. The highest BCUT2D eigenvalue weighted by Crippen LogP contribution is 2.38. The number of carbonyl (C=O) groups excluding carboxylic acids is 4. The van der Waals surface area contributed by atoms with Crippen molar-refractivity contribution in [3.8, 4) is 22.6 Å². The second kappa shape index (κ2) is 18.8. The first-order chi connectivity index (χ1) is 26.1. The molecule has 12 heteroatoms. The fraction of sp³-hybridized carbons (Fsp3) is 0.190. The smallest absolute Gasteiger partial charge is 0.341 e. The maximum absolute atomic E-state index is 13.8. The molecule has 278 valence electrons. The Labute approximate surface area is 322 Å². The highest BCUT2D eigenvalue weighted by molar-refractivity contribution is 8.00. The van der Waals surface area contributed by atoms with Crippen LogP contribution < -0.4 is 25.4 Å². The van der Waals surface area contributed by atoms with Crippen LogP contribution in [-0.4, -0.2) is 49.8 Å². The van der Waals surface area contributed by atoms with Crippen molar-refractivity contribution in [2.75, 3.05) is 31.5 Å². The number of methoxy groups -OCH3 is 2. The van der Waals surface area contributed by atoms with Crippen molar-refractivity contribution in [3.63, 3.8) is 0 Å². The monoisotopic (exact) mass is 763 g/mol. The van der Waals surface area contributed by atoms with Crippen molar-refractivity contribution in [2.45, 2.75) is 37.3 Å². The molecule has 1 unspecified atom stereocenters. The summed E-state index contributed by atoms with van der Waals surface area (Å²) in [6.45, 7) is 5.83. The number of nitrogens with one attached hydrogen (secondary N) is 3. The Hall–Kier alpha value is -5.85. The summed E-state index contributed by atoms with van der Waals surface area (Å²) in [5.74, 6) is -0.820. The van der Waals surface area contributed by atoms with Crippen LogP contribution in [0.1, 0.15) is 52.1 Å². The molecule has 1 heterocycles. The van der Waals surface area contributed by atoms with Gasteiger partial charge in [-0.1, -0.05) is 67.1 Å². The molecule has 5 rings (SSSR count). The molecule has 0 spiro atoms. The Bertz CT molecular complexity index is 2150. The zero-order valence-corrected chi connectivity index (χ0v) is 32.2. The molecular weight excluding hydrogens is 723 g/mol. The van der Waals surface area contributed by atoms with Crippen LogP contribution in [0.3, 0.4) is 0 Å². The molecule has 3 N–H and O–H groups in total. The number of thiophene rings is 1. The quantitative estimate of drug-likeness (QED) is 0.0548. The summed E-state index contributed by atoms with van der Waals surface area (Å²) < 4.78 is 16.1. The van der Waals surface area contributed by atoms with E-state index in [1.54, 1.807) is 79.7 Å². The van der Waals surface area contributed by atoms with E-state index in [1.165, 1.54) is 37.3 Å². The van der Waals surface area contributed by atoms with E-state index in [2.05, 4.69) is 16.0 Å². The lowest BCUT2D eigenvalue weighted by Gasteiger charge is -2.16. The third-order valence-corrected chi connectivity index (χ3v) is 10.4. The van der Waals surface area contributed by atoms with Crippen LogP contribution in [0.5, 0.6) is 11.5 Å². The van der Waals surface area contributed by atoms with Gasteiger partial charge in [0.1, 0.15) is 16.3 Å². The lowest BCUT2D eigenvalue weighted by atomic mass is 10.0. The minimum absolute atomic E-state index is 0.00157. The first-order valence-electron chi connectivity index (χ1n) is 17.2. The van der Waals surface area contributed by atoms with Crippen molar-refractivity contribution in [1.82, 2.24) is 5.32 Å². The van der Waals surface area contributed by atoms with Crippen molar-refractivity contribution in [2.24, 2.45) is 0 Å². The maximum Gasteiger partial charge on any atom is 0.341 e. The first-order valence-corrected chi connectivity index (χ1v) is 18.9. The number of esters is 1. The average molecular weight is 764 g/mol. The number of anilines is 2. The average Bonchev–Trinajstić information content (AvgIpc) is 3.60. The molecule has 1 atom stereocenters. The van der Waals surface area contributed by atoms with Gasteiger partial charge in [0.2, 0.25) is 5.91 Å². The van der Waals surface area contributed by atoms with Crippen LogP contribution >= 0.6 is 23.1 Å². The zero-order valence-electron chi connectivity index (χ0n) is 30.6. The molecular formula is C42H41N3O7S2. The molecule has 0 bridgehead atoms. The third kappa shape index (κ3) is 9.97. The summed E-state index contributed by atoms with van der Waals surface area (Å²) in [5.41, 5.74) is 4.38. The summed E-state index contributed by atoms with van der Waals surface area (Å²) in [6.07, 6.45) is 2.04. The largest absolute Gasteiger partial charge is 0.493 e. The number of thioether (sulfide) groups is 1. The molecule has 0 aliphatic carbocycles. The molecule has 1 aromatic heterocycles. The lowest BCUT2D eigenvalue weighted by molar-refractivity contribution is -0.116. The highest BCUT2D eigenvalue weighted by Gasteiger charge is 2.26. The number of rotatable bonds is 15. The van der Waals surface area contributed by atoms with E-state index >= 15 is 0 Å². The molecule has 0 aliphatic heterocycles. The number of carbonyl (C=O) groups is 4. The van der Waals surface area contributed by atoms with Crippen LogP contribution in [-0.2, 0) is 14.3 Å². The summed E-state index contributed by atoms with van der Waals surface area (Å²) in [7, 11) is 3.04. The summed E-state index contributed by atoms with van der Waals surface area (Å²) in [4.78, 5) is 54.5. The zero-order chi connectivity index (χ0) is 38.6. The SMILES string of the molecule is CCOC(=O)c1c(-c2ccc(C)cc2)csc1NC(=O)C(CC)Sc1cccc(NC(=O)/C(=C\c2ccc(OC)c(OC)c2)NC(=O)c2ccccc2)c1. The molecule has 0 saturated carbocycles. The molecule has 54 heavy (non-hydrogen) atoms. The van der Waals surface area contributed by atoms with Gasteiger partial charge >= 0.3 is 5.97 Å². The van der Waals surface area contributed by atoms with E-state index in [0.29, 0.717) is 50.9 Å². The number of ether oxygens (including phenoxy) is 3. The number of benzene rings is 4. The van der Waals surface area contributed by atoms with Crippen LogP contribution in [0.15, 0.2) is 113 Å². The number of amides is 3. The van der Waals surface area contributed by atoms with Gasteiger partial charge in [-0.3, -0.25) is 14.4 Å². The van der Waals surface area contributed by atoms with Crippen LogP contribution in [0.2, 0.25) is 0 Å². The van der Waals surface area contributed by atoms with Crippen molar-refractivity contribution < 1.29 is 33.4 Å². The fourth-order valence-corrected chi connectivity index (χ4v) is 7.35. The molecule has 0 aliphatic rings. The molecule has 0 fully saturated rings. The summed E-state index contributed by atoms with van der Waals surface area (Å²) >= 11 is 2.60. The number of hydrogen-bond donors (Lipinski definition) is 3. The van der Waals surface area contributed by atoms with E-state index in [1.807, 2.05) is 49.6 Å². The van der Waals surface area contributed by atoms with Gasteiger partial charge in [0.15, 0.2) is 11.5 Å². The maximum atomic E-state index is 13.8. The predicted molar refractivity (Wildman–Crippen MR) is 216 cm³/mol. The predicted octanol–water partition coefficient (Wildman–Crippen LogP) is 8.84. The Kier molecular flexibility index (Phi) is 13.7. The van der Waals surface area contributed by atoms with E-state index in [9.17, 15) is 19.2 Å². The van der Waals surface area contributed by atoms with Crippen molar-refractivity contribution >= 4 is 63.6 Å². The van der Waals surface area contributed by atoms with Gasteiger partial charge < -0.3 is 30.2 Å². The van der Waals surface area contributed by atoms with Crippen LogP contribution in [0.25, 0.3) is 17.2 Å². The number of aryl methyl sites for hydroxylation is 1. The van der Waals surface area contributed by atoms with Gasteiger partial charge in [-0.2, -0.15) is 0 Å². The van der Waals surface area contributed by atoms with Gasteiger partial charge in [-0.05, 0) is 79.9 Å². The van der Waals surface area contributed by atoms with Crippen LogP contribution in [0.4, 0.5) is 10.7 Å². The van der Waals surface area contributed by atoms with E-state index < -0.39 is 23.0 Å². The second-order valence-corrected chi connectivity index (χ2v) is 14.1. The van der Waals surface area contributed by atoms with E-state index in [4.69, 9.17) is 14.2 Å². The molecule has 0 saturated heterocycles. The molecule has 0 radical (unpaired) electrons.